The van der Waals surface area contributed by atoms with Crippen molar-refractivity contribution in [2.45, 2.75) is 42.9 Å². The predicted molar refractivity (Wildman–Crippen MR) is 131 cm³/mol. The first kappa shape index (κ1) is 21.8. The number of hydrogen-bond donors (Lipinski definition) is 2. The van der Waals surface area contributed by atoms with Gasteiger partial charge in [0.25, 0.3) is 0 Å². The Bertz CT molecular complexity index is 1020. The SMILES string of the molecule is CCCC(=C1C=C(SCCC(=O)O)[N+](c2ccccc2)=CC1)C1Nc2ccccc2S1. The van der Waals surface area contributed by atoms with E-state index in [4.69, 9.17) is 5.11 Å². The molecule has 0 fully saturated rings. The van der Waals surface area contributed by atoms with Gasteiger partial charge >= 0.3 is 5.97 Å². The molecule has 31 heavy (non-hydrogen) atoms. The van der Waals surface area contributed by atoms with Gasteiger partial charge in [-0.05, 0) is 29.7 Å². The molecule has 2 N–H and O–H groups in total. The number of aliphatic carboxylic acids is 1. The van der Waals surface area contributed by atoms with Crippen molar-refractivity contribution in [1.29, 1.82) is 0 Å². The molecule has 0 bridgehead atoms. The Kier molecular flexibility index (Phi) is 7.20. The first-order valence-electron chi connectivity index (χ1n) is 10.6. The molecule has 1 atom stereocenters. The highest BCUT2D eigenvalue weighted by atomic mass is 32.2. The van der Waals surface area contributed by atoms with Crippen molar-refractivity contribution in [3.8, 4) is 0 Å². The molecule has 160 valence electrons. The number of nitrogens with zero attached hydrogens (tertiary/aromatic N) is 1. The number of rotatable bonds is 8. The van der Waals surface area contributed by atoms with Crippen molar-refractivity contribution in [3.63, 3.8) is 0 Å². The molecule has 0 saturated heterocycles. The summed E-state index contributed by atoms with van der Waals surface area (Å²) in [6.07, 6.45) is 7.65. The summed E-state index contributed by atoms with van der Waals surface area (Å²) < 4.78 is 2.20. The maximum atomic E-state index is 11.1. The third-order valence-electron chi connectivity index (χ3n) is 5.30. The molecule has 0 radical (unpaired) electrons. The van der Waals surface area contributed by atoms with Gasteiger partial charge in [-0.15, -0.1) is 0 Å². The Hall–Kier alpha value is -2.44. The summed E-state index contributed by atoms with van der Waals surface area (Å²) in [5, 5.41) is 14.1. The molecule has 1 unspecified atom stereocenters. The van der Waals surface area contributed by atoms with E-state index in [2.05, 4.69) is 65.5 Å². The van der Waals surface area contributed by atoms with E-state index < -0.39 is 5.97 Å². The summed E-state index contributed by atoms with van der Waals surface area (Å²) in [5.74, 6) is -0.206. The van der Waals surface area contributed by atoms with E-state index >= 15 is 0 Å². The van der Waals surface area contributed by atoms with Crippen LogP contribution in [0.5, 0.6) is 0 Å². The minimum atomic E-state index is -0.758. The summed E-state index contributed by atoms with van der Waals surface area (Å²) in [6, 6.07) is 18.7. The zero-order valence-electron chi connectivity index (χ0n) is 17.6. The average Bonchev–Trinajstić information content (AvgIpc) is 3.21. The van der Waals surface area contributed by atoms with Crippen LogP contribution < -0.4 is 5.32 Å². The molecule has 0 amide bonds. The fourth-order valence-electron chi connectivity index (χ4n) is 3.83. The van der Waals surface area contributed by atoms with Gasteiger partial charge in [-0.25, -0.2) is 0 Å². The molecular formula is C25H27N2O2S2+. The van der Waals surface area contributed by atoms with Gasteiger partial charge in [0.1, 0.15) is 0 Å². The molecule has 0 saturated carbocycles. The zero-order chi connectivity index (χ0) is 21.6. The lowest BCUT2D eigenvalue weighted by Crippen LogP contribution is -2.18. The van der Waals surface area contributed by atoms with Gasteiger partial charge in [0.05, 0.1) is 18.2 Å². The highest BCUT2D eigenvalue weighted by Gasteiger charge is 2.29. The van der Waals surface area contributed by atoms with Crippen LogP contribution in [0.15, 0.2) is 81.7 Å². The summed E-state index contributed by atoms with van der Waals surface area (Å²) in [7, 11) is 0. The predicted octanol–water partition coefficient (Wildman–Crippen LogP) is 6.50. The number of hydrogen-bond acceptors (Lipinski definition) is 4. The number of nitrogens with one attached hydrogen (secondary N) is 1. The van der Waals surface area contributed by atoms with E-state index in [-0.39, 0.29) is 11.8 Å². The van der Waals surface area contributed by atoms with Crippen LogP contribution in [0.4, 0.5) is 11.4 Å². The van der Waals surface area contributed by atoms with Crippen molar-refractivity contribution in [1.82, 2.24) is 0 Å². The lowest BCUT2D eigenvalue weighted by atomic mass is 9.99. The van der Waals surface area contributed by atoms with Crippen LogP contribution in [0.3, 0.4) is 0 Å². The molecule has 2 aromatic rings. The van der Waals surface area contributed by atoms with Crippen LogP contribution in [0.1, 0.15) is 32.6 Å². The van der Waals surface area contributed by atoms with Crippen molar-refractivity contribution >= 4 is 47.1 Å². The van der Waals surface area contributed by atoms with Gasteiger partial charge in [0.2, 0.25) is 10.7 Å². The first-order chi connectivity index (χ1) is 15.2. The highest BCUT2D eigenvalue weighted by molar-refractivity contribution is 8.02. The monoisotopic (exact) mass is 451 g/mol. The van der Waals surface area contributed by atoms with Crippen LogP contribution in [-0.4, -0.2) is 33.0 Å². The lowest BCUT2D eigenvalue weighted by molar-refractivity contribution is -0.365. The number of carboxylic acids is 1. The molecule has 2 aliphatic rings. The van der Waals surface area contributed by atoms with E-state index in [1.165, 1.54) is 21.7 Å². The van der Waals surface area contributed by atoms with E-state index in [1.54, 1.807) is 11.8 Å². The Morgan fingerprint density at radius 1 is 1.16 bits per heavy atom. The summed E-state index contributed by atoms with van der Waals surface area (Å²) >= 11 is 3.50. The average molecular weight is 452 g/mol. The number of allylic oxidation sites excluding steroid dienone is 2. The van der Waals surface area contributed by atoms with Crippen LogP contribution in [0.25, 0.3) is 0 Å². The van der Waals surface area contributed by atoms with Crippen LogP contribution in [0, 0.1) is 0 Å². The Morgan fingerprint density at radius 3 is 2.68 bits per heavy atom. The van der Waals surface area contributed by atoms with E-state index in [9.17, 15) is 4.79 Å². The van der Waals surface area contributed by atoms with Crippen molar-refractivity contribution in [2.75, 3.05) is 11.1 Å². The third-order valence-corrected chi connectivity index (χ3v) is 7.56. The van der Waals surface area contributed by atoms with Gasteiger partial charge in [0, 0.05) is 34.5 Å². The second-order valence-electron chi connectivity index (χ2n) is 7.51. The second kappa shape index (κ2) is 10.2. The molecule has 2 aliphatic heterocycles. The fraction of sp³-hybridized carbons (Fsp3) is 0.280. The van der Waals surface area contributed by atoms with Gasteiger partial charge in [-0.1, -0.05) is 67.2 Å². The molecule has 4 rings (SSSR count). The number of fused-ring (bicyclic) bond motifs is 1. The maximum absolute atomic E-state index is 11.1. The fourth-order valence-corrected chi connectivity index (χ4v) is 6.12. The Morgan fingerprint density at radius 2 is 1.94 bits per heavy atom. The normalized spacial score (nSPS) is 19.2. The number of carboxylic acid groups (broad SMARTS) is 1. The molecule has 2 heterocycles. The minimum Gasteiger partial charge on any atom is -0.481 e. The molecule has 0 spiro atoms. The molecular weight excluding hydrogens is 424 g/mol. The first-order valence-corrected chi connectivity index (χ1v) is 12.5. The molecule has 2 aromatic carbocycles. The van der Waals surface area contributed by atoms with E-state index in [0.29, 0.717) is 5.75 Å². The standard InChI is InChI=1S/C25H26N2O2S2/c1-2-8-20(25-26-21-11-6-7-12-22(21)31-25)18-13-15-27(19-9-4-3-5-10-19)23(17-18)30-16-14-24(28)29/h3-7,9-12,15,17,25-26H,2,8,13-14,16H2,1H3/p+1. The van der Waals surface area contributed by atoms with Gasteiger partial charge in [0.15, 0.2) is 6.21 Å². The molecule has 4 nitrogen and oxygen atoms in total. The summed E-state index contributed by atoms with van der Waals surface area (Å²) in [4.78, 5) is 12.4. The Labute approximate surface area is 192 Å². The maximum Gasteiger partial charge on any atom is 0.304 e. The topological polar surface area (TPSA) is 52.3 Å². The van der Waals surface area contributed by atoms with Gasteiger partial charge in [-0.2, -0.15) is 4.58 Å². The number of thioether (sulfide) groups is 2. The van der Waals surface area contributed by atoms with Crippen molar-refractivity contribution < 1.29 is 14.5 Å². The quantitative estimate of drug-likeness (QED) is 0.449. The number of para-hydroxylation sites is 2. The number of benzene rings is 2. The van der Waals surface area contributed by atoms with Crippen molar-refractivity contribution in [2.24, 2.45) is 0 Å². The van der Waals surface area contributed by atoms with Crippen molar-refractivity contribution in [3.05, 3.63) is 76.8 Å². The lowest BCUT2D eigenvalue weighted by Gasteiger charge is -2.20. The van der Waals surface area contributed by atoms with E-state index in [1.807, 2.05) is 30.0 Å². The third kappa shape index (κ3) is 5.25. The molecule has 0 aromatic heterocycles. The largest absolute Gasteiger partial charge is 0.481 e. The summed E-state index contributed by atoms with van der Waals surface area (Å²) in [6.45, 7) is 2.22. The molecule has 0 aliphatic carbocycles. The zero-order valence-corrected chi connectivity index (χ0v) is 19.2. The van der Waals surface area contributed by atoms with Crippen LogP contribution in [-0.2, 0) is 4.79 Å². The van der Waals surface area contributed by atoms with Crippen LogP contribution in [0.2, 0.25) is 0 Å². The smallest absolute Gasteiger partial charge is 0.304 e. The van der Waals surface area contributed by atoms with Crippen LogP contribution >= 0.6 is 23.5 Å². The van der Waals surface area contributed by atoms with Gasteiger partial charge in [-0.3, -0.25) is 4.79 Å². The minimum absolute atomic E-state index is 0.154. The number of carbonyl (C=O) groups is 1. The second-order valence-corrected chi connectivity index (χ2v) is 9.77. The highest BCUT2D eigenvalue weighted by Crippen LogP contribution is 2.43. The Balaban J connectivity index is 1.65. The number of anilines is 1. The molecule has 6 heteroatoms. The van der Waals surface area contributed by atoms with E-state index in [0.717, 1.165) is 30.0 Å². The van der Waals surface area contributed by atoms with Gasteiger partial charge < -0.3 is 10.4 Å². The summed E-state index contributed by atoms with van der Waals surface area (Å²) in [5.41, 5.74) is 5.08.